The summed E-state index contributed by atoms with van der Waals surface area (Å²) in [6.45, 7) is 3.59. The summed E-state index contributed by atoms with van der Waals surface area (Å²) in [6.07, 6.45) is 3.51. The number of rotatable bonds is 7. The van der Waals surface area contributed by atoms with Crippen LogP contribution in [0.15, 0.2) is 28.8 Å². The van der Waals surface area contributed by atoms with Crippen LogP contribution in [-0.4, -0.2) is 53.3 Å². The molecule has 1 saturated heterocycles. The molecule has 0 N–H and O–H groups in total. The molecule has 0 amide bonds. The van der Waals surface area contributed by atoms with Gasteiger partial charge in [0.05, 0.1) is 32.2 Å². The SMILES string of the molecule is CCOC(=O)CC1CCCCN1Cc1nc(-c2ccc(C(=O)OC)cc2)no1. The molecule has 1 aromatic carbocycles. The van der Waals surface area contributed by atoms with Crippen molar-refractivity contribution >= 4 is 11.9 Å². The molecular weight excluding hydrogens is 362 g/mol. The molecule has 1 aliphatic rings. The average Bonchev–Trinajstić information content (AvgIpc) is 3.18. The van der Waals surface area contributed by atoms with Crippen LogP contribution >= 0.6 is 0 Å². The van der Waals surface area contributed by atoms with Gasteiger partial charge in [-0.2, -0.15) is 4.98 Å². The number of piperidine rings is 1. The number of aromatic nitrogens is 2. The quantitative estimate of drug-likeness (QED) is 0.670. The normalized spacial score (nSPS) is 17.3. The van der Waals surface area contributed by atoms with Crippen molar-refractivity contribution in [3.8, 4) is 11.4 Å². The van der Waals surface area contributed by atoms with Crippen LogP contribution in [0.2, 0.25) is 0 Å². The molecule has 1 unspecified atom stereocenters. The van der Waals surface area contributed by atoms with E-state index in [0.717, 1.165) is 31.4 Å². The highest BCUT2D eigenvalue weighted by Crippen LogP contribution is 2.23. The highest BCUT2D eigenvalue weighted by molar-refractivity contribution is 5.89. The van der Waals surface area contributed by atoms with Gasteiger partial charge in [0.25, 0.3) is 0 Å². The van der Waals surface area contributed by atoms with Gasteiger partial charge in [0.2, 0.25) is 11.7 Å². The molecule has 1 aliphatic heterocycles. The van der Waals surface area contributed by atoms with Gasteiger partial charge in [0, 0.05) is 11.6 Å². The Labute approximate surface area is 163 Å². The number of esters is 2. The maximum Gasteiger partial charge on any atom is 0.337 e. The second-order valence-corrected chi connectivity index (χ2v) is 6.71. The topological polar surface area (TPSA) is 94.8 Å². The Bertz CT molecular complexity index is 802. The molecule has 0 radical (unpaired) electrons. The largest absolute Gasteiger partial charge is 0.466 e. The number of hydrogen-bond acceptors (Lipinski definition) is 8. The third kappa shape index (κ3) is 4.95. The standard InChI is InChI=1S/C20H25N3O5/c1-3-27-18(24)12-16-6-4-5-11-23(16)13-17-21-19(22-28-17)14-7-9-15(10-8-14)20(25)26-2/h7-10,16H,3-6,11-13H2,1-2H3. The van der Waals surface area contributed by atoms with E-state index >= 15 is 0 Å². The van der Waals surface area contributed by atoms with Gasteiger partial charge >= 0.3 is 11.9 Å². The molecule has 2 heterocycles. The molecule has 8 nitrogen and oxygen atoms in total. The van der Waals surface area contributed by atoms with Crippen LogP contribution < -0.4 is 0 Å². The van der Waals surface area contributed by atoms with Crippen molar-refractivity contribution in [2.75, 3.05) is 20.3 Å². The Kier molecular flexibility index (Phi) is 6.76. The average molecular weight is 387 g/mol. The molecule has 0 saturated carbocycles. The lowest BCUT2D eigenvalue weighted by Crippen LogP contribution is -2.40. The van der Waals surface area contributed by atoms with Gasteiger partial charge in [-0.15, -0.1) is 0 Å². The number of ether oxygens (including phenoxy) is 2. The molecule has 8 heteroatoms. The maximum atomic E-state index is 11.9. The van der Waals surface area contributed by atoms with Gasteiger partial charge in [0.15, 0.2) is 0 Å². The predicted molar refractivity (Wildman–Crippen MR) is 100 cm³/mol. The number of likely N-dealkylation sites (tertiary alicyclic amines) is 1. The summed E-state index contributed by atoms with van der Waals surface area (Å²) < 4.78 is 15.2. The van der Waals surface area contributed by atoms with E-state index in [1.807, 2.05) is 6.92 Å². The number of nitrogens with zero attached hydrogens (tertiary/aromatic N) is 3. The first-order valence-electron chi connectivity index (χ1n) is 9.51. The van der Waals surface area contributed by atoms with Crippen LogP contribution in [0.1, 0.15) is 48.9 Å². The zero-order valence-electron chi connectivity index (χ0n) is 16.2. The van der Waals surface area contributed by atoms with Crippen molar-refractivity contribution in [1.29, 1.82) is 0 Å². The molecule has 1 atom stereocenters. The van der Waals surface area contributed by atoms with Gasteiger partial charge in [-0.25, -0.2) is 4.79 Å². The Balaban J connectivity index is 1.65. The molecular formula is C20H25N3O5. The van der Waals surface area contributed by atoms with Crippen molar-refractivity contribution in [2.45, 2.75) is 45.2 Å². The monoisotopic (exact) mass is 387 g/mol. The number of carbonyl (C=O) groups excluding carboxylic acids is 2. The lowest BCUT2D eigenvalue weighted by molar-refractivity contribution is -0.145. The number of carbonyl (C=O) groups is 2. The molecule has 28 heavy (non-hydrogen) atoms. The molecule has 3 rings (SSSR count). The fourth-order valence-corrected chi connectivity index (χ4v) is 3.39. The van der Waals surface area contributed by atoms with Crippen LogP contribution in [0.4, 0.5) is 0 Å². The van der Waals surface area contributed by atoms with E-state index in [9.17, 15) is 9.59 Å². The third-order valence-electron chi connectivity index (χ3n) is 4.83. The van der Waals surface area contributed by atoms with E-state index in [-0.39, 0.29) is 12.0 Å². The molecule has 150 valence electrons. The molecule has 0 spiro atoms. The molecule has 0 bridgehead atoms. The Hall–Kier alpha value is -2.74. The first-order chi connectivity index (χ1) is 13.6. The Morgan fingerprint density at radius 3 is 2.75 bits per heavy atom. The van der Waals surface area contributed by atoms with Crippen molar-refractivity contribution in [1.82, 2.24) is 15.0 Å². The third-order valence-corrected chi connectivity index (χ3v) is 4.83. The van der Waals surface area contributed by atoms with Gasteiger partial charge in [-0.3, -0.25) is 9.69 Å². The van der Waals surface area contributed by atoms with Crippen LogP contribution in [-0.2, 0) is 20.8 Å². The zero-order valence-corrected chi connectivity index (χ0v) is 16.2. The van der Waals surface area contributed by atoms with E-state index in [1.54, 1.807) is 24.3 Å². The predicted octanol–water partition coefficient (Wildman–Crippen LogP) is 2.83. The first kappa shape index (κ1) is 20.0. The number of methoxy groups -OCH3 is 1. The zero-order chi connectivity index (χ0) is 19.9. The fourth-order valence-electron chi connectivity index (χ4n) is 3.39. The fraction of sp³-hybridized carbons (Fsp3) is 0.500. The molecule has 2 aromatic rings. The van der Waals surface area contributed by atoms with Crippen LogP contribution in [0.3, 0.4) is 0 Å². The smallest absolute Gasteiger partial charge is 0.337 e. The number of benzene rings is 1. The molecule has 0 aliphatic carbocycles. The van der Waals surface area contributed by atoms with Crippen molar-refractivity contribution in [3.05, 3.63) is 35.7 Å². The van der Waals surface area contributed by atoms with Gasteiger partial charge in [0.1, 0.15) is 0 Å². The summed E-state index contributed by atoms with van der Waals surface area (Å²) in [7, 11) is 1.34. The van der Waals surface area contributed by atoms with E-state index in [1.165, 1.54) is 7.11 Å². The van der Waals surface area contributed by atoms with Gasteiger partial charge < -0.3 is 14.0 Å². The van der Waals surface area contributed by atoms with E-state index < -0.39 is 5.97 Å². The lowest BCUT2D eigenvalue weighted by Gasteiger charge is -2.34. The van der Waals surface area contributed by atoms with Crippen molar-refractivity contribution in [3.63, 3.8) is 0 Å². The second kappa shape index (κ2) is 9.45. The van der Waals surface area contributed by atoms with Crippen LogP contribution in [0.25, 0.3) is 11.4 Å². The summed E-state index contributed by atoms with van der Waals surface area (Å²) in [5.74, 6) is 0.405. The van der Waals surface area contributed by atoms with Crippen LogP contribution in [0, 0.1) is 0 Å². The van der Waals surface area contributed by atoms with Crippen LogP contribution in [0.5, 0.6) is 0 Å². The summed E-state index contributed by atoms with van der Waals surface area (Å²) in [5, 5.41) is 4.04. The minimum atomic E-state index is -0.391. The summed E-state index contributed by atoms with van der Waals surface area (Å²) in [6, 6.07) is 6.97. The van der Waals surface area contributed by atoms with Crippen molar-refractivity contribution in [2.24, 2.45) is 0 Å². The lowest BCUT2D eigenvalue weighted by atomic mass is 9.99. The Morgan fingerprint density at radius 2 is 2.04 bits per heavy atom. The van der Waals surface area contributed by atoms with Gasteiger partial charge in [-0.1, -0.05) is 23.7 Å². The summed E-state index contributed by atoms with van der Waals surface area (Å²) in [4.78, 5) is 30.1. The van der Waals surface area contributed by atoms with E-state index in [0.29, 0.717) is 36.9 Å². The molecule has 1 aromatic heterocycles. The van der Waals surface area contributed by atoms with E-state index in [2.05, 4.69) is 15.0 Å². The maximum absolute atomic E-state index is 11.9. The van der Waals surface area contributed by atoms with Crippen molar-refractivity contribution < 1.29 is 23.6 Å². The summed E-state index contributed by atoms with van der Waals surface area (Å²) in [5.41, 5.74) is 1.22. The summed E-state index contributed by atoms with van der Waals surface area (Å²) >= 11 is 0. The highest BCUT2D eigenvalue weighted by atomic mass is 16.5. The highest BCUT2D eigenvalue weighted by Gasteiger charge is 2.27. The minimum Gasteiger partial charge on any atom is -0.466 e. The second-order valence-electron chi connectivity index (χ2n) is 6.71. The minimum absolute atomic E-state index is 0.127. The Morgan fingerprint density at radius 1 is 1.25 bits per heavy atom. The molecule has 1 fully saturated rings. The first-order valence-corrected chi connectivity index (χ1v) is 9.51. The number of hydrogen-bond donors (Lipinski definition) is 0. The van der Waals surface area contributed by atoms with E-state index in [4.69, 9.17) is 14.0 Å². The van der Waals surface area contributed by atoms with Gasteiger partial charge in [-0.05, 0) is 38.4 Å².